The predicted molar refractivity (Wildman–Crippen MR) is 120 cm³/mol. The number of aromatic nitrogens is 2. The van der Waals surface area contributed by atoms with E-state index in [4.69, 9.17) is 27.9 Å². The molecule has 0 N–H and O–H groups in total. The third kappa shape index (κ3) is 4.61. The van der Waals surface area contributed by atoms with Crippen LogP contribution in [0.4, 0.5) is 4.39 Å². The maximum atomic E-state index is 14.3. The molecule has 0 aliphatic carbocycles. The highest BCUT2D eigenvalue weighted by molar-refractivity contribution is 7.99. The Morgan fingerprint density at radius 3 is 2.39 bits per heavy atom. The van der Waals surface area contributed by atoms with Gasteiger partial charge in [-0.1, -0.05) is 59.2 Å². The minimum Gasteiger partial charge on any atom is -0.402 e. The average molecular weight is 473 g/mol. The lowest BCUT2D eigenvalue weighted by Gasteiger charge is -2.11. The molecular formula is C23H15Cl2FN2O2S. The molecule has 1 heterocycles. The van der Waals surface area contributed by atoms with Crippen LogP contribution in [-0.2, 0) is 0 Å². The molecule has 3 aromatic carbocycles. The fraction of sp³-hybridized carbons (Fsp3) is 0.0435. The highest BCUT2D eigenvalue weighted by Gasteiger charge is 2.25. The monoisotopic (exact) mass is 472 g/mol. The first-order chi connectivity index (χ1) is 14.9. The minimum absolute atomic E-state index is 0.0283. The molecule has 0 bridgehead atoms. The van der Waals surface area contributed by atoms with Gasteiger partial charge >= 0.3 is 5.97 Å². The van der Waals surface area contributed by atoms with Crippen molar-refractivity contribution >= 4 is 40.9 Å². The van der Waals surface area contributed by atoms with Gasteiger partial charge in [0.2, 0.25) is 5.88 Å². The van der Waals surface area contributed by atoms with Crippen molar-refractivity contribution in [3.05, 3.63) is 99.9 Å². The lowest BCUT2D eigenvalue weighted by Crippen LogP contribution is -2.14. The van der Waals surface area contributed by atoms with E-state index in [0.29, 0.717) is 21.3 Å². The van der Waals surface area contributed by atoms with Crippen molar-refractivity contribution in [2.75, 3.05) is 0 Å². The Morgan fingerprint density at radius 2 is 1.71 bits per heavy atom. The van der Waals surface area contributed by atoms with Crippen LogP contribution in [0.1, 0.15) is 16.1 Å². The summed E-state index contributed by atoms with van der Waals surface area (Å²) in [6, 6.07) is 20.5. The molecule has 0 unspecified atom stereocenters. The van der Waals surface area contributed by atoms with Gasteiger partial charge < -0.3 is 4.74 Å². The molecule has 0 fully saturated rings. The lowest BCUT2D eigenvalue weighted by molar-refractivity contribution is 0.0713. The van der Waals surface area contributed by atoms with E-state index in [2.05, 4.69) is 5.10 Å². The zero-order valence-electron chi connectivity index (χ0n) is 16.2. The molecule has 0 radical (unpaired) electrons. The molecule has 0 amide bonds. The Balaban J connectivity index is 1.79. The van der Waals surface area contributed by atoms with Crippen molar-refractivity contribution in [2.45, 2.75) is 16.7 Å². The number of benzene rings is 3. The smallest absolute Gasteiger partial charge is 0.349 e. The first kappa shape index (κ1) is 21.4. The highest BCUT2D eigenvalue weighted by Crippen LogP contribution is 2.40. The van der Waals surface area contributed by atoms with Crippen LogP contribution < -0.4 is 4.74 Å². The summed E-state index contributed by atoms with van der Waals surface area (Å²) in [6.45, 7) is 1.81. The van der Waals surface area contributed by atoms with Crippen molar-refractivity contribution in [2.24, 2.45) is 0 Å². The molecular weight excluding hydrogens is 458 g/mol. The van der Waals surface area contributed by atoms with E-state index in [0.717, 1.165) is 11.0 Å². The molecule has 0 saturated carbocycles. The SMILES string of the molecule is Cc1nn(-c2ccccc2)c(OC(=O)c2c(F)cccc2Cl)c1Sc1ccc(Cl)cc1. The molecule has 156 valence electrons. The van der Waals surface area contributed by atoms with Crippen molar-refractivity contribution in [3.63, 3.8) is 0 Å². The number of nitrogens with zero attached hydrogens (tertiary/aromatic N) is 2. The van der Waals surface area contributed by atoms with E-state index in [-0.39, 0.29) is 16.5 Å². The van der Waals surface area contributed by atoms with Gasteiger partial charge in [-0.3, -0.25) is 0 Å². The Morgan fingerprint density at radius 1 is 1.00 bits per heavy atom. The van der Waals surface area contributed by atoms with Crippen LogP contribution in [-0.4, -0.2) is 15.7 Å². The van der Waals surface area contributed by atoms with E-state index < -0.39 is 11.8 Å². The van der Waals surface area contributed by atoms with E-state index in [1.165, 1.54) is 28.6 Å². The minimum atomic E-state index is -0.905. The predicted octanol–water partition coefficient (Wildman–Crippen LogP) is 7.00. The number of carbonyl (C=O) groups is 1. The summed E-state index contributed by atoms with van der Waals surface area (Å²) in [4.78, 5) is 14.4. The third-order valence-electron chi connectivity index (χ3n) is 4.36. The fourth-order valence-corrected chi connectivity index (χ4v) is 4.17. The van der Waals surface area contributed by atoms with Crippen molar-refractivity contribution in [1.82, 2.24) is 9.78 Å². The largest absolute Gasteiger partial charge is 0.402 e. The number of esters is 1. The first-order valence-electron chi connectivity index (χ1n) is 9.18. The molecule has 4 nitrogen and oxygen atoms in total. The Kier molecular flexibility index (Phi) is 6.32. The Labute approximate surface area is 192 Å². The van der Waals surface area contributed by atoms with E-state index in [9.17, 15) is 9.18 Å². The third-order valence-corrected chi connectivity index (χ3v) is 6.10. The summed E-state index contributed by atoms with van der Waals surface area (Å²) < 4.78 is 21.5. The summed E-state index contributed by atoms with van der Waals surface area (Å²) in [5, 5.41) is 5.14. The average Bonchev–Trinajstić information content (AvgIpc) is 3.05. The van der Waals surface area contributed by atoms with Crippen LogP contribution >= 0.6 is 35.0 Å². The molecule has 1 aromatic heterocycles. The van der Waals surface area contributed by atoms with Gasteiger partial charge in [-0.2, -0.15) is 9.78 Å². The maximum Gasteiger partial charge on any atom is 0.349 e. The zero-order valence-corrected chi connectivity index (χ0v) is 18.5. The van der Waals surface area contributed by atoms with E-state index in [1.54, 1.807) is 12.1 Å². The van der Waals surface area contributed by atoms with Gasteiger partial charge in [0, 0.05) is 9.92 Å². The van der Waals surface area contributed by atoms with Crippen LogP contribution in [0.3, 0.4) is 0 Å². The molecule has 0 aliphatic rings. The van der Waals surface area contributed by atoms with Crippen molar-refractivity contribution < 1.29 is 13.9 Å². The number of para-hydroxylation sites is 1. The number of carbonyl (C=O) groups excluding carboxylic acids is 1. The van der Waals surface area contributed by atoms with Gasteiger partial charge in [0.15, 0.2) is 0 Å². The molecule has 4 rings (SSSR count). The van der Waals surface area contributed by atoms with Crippen LogP contribution in [0.5, 0.6) is 5.88 Å². The van der Waals surface area contributed by atoms with Crippen molar-refractivity contribution in [1.29, 1.82) is 0 Å². The molecule has 31 heavy (non-hydrogen) atoms. The van der Waals surface area contributed by atoms with E-state index >= 15 is 0 Å². The van der Waals surface area contributed by atoms with Crippen LogP contribution in [0, 0.1) is 12.7 Å². The van der Waals surface area contributed by atoms with Gasteiger partial charge in [0.05, 0.1) is 21.3 Å². The number of aryl methyl sites for hydroxylation is 1. The molecule has 0 atom stereocenters. The number of hydrogen-bond acceptors (Lipinski definition) is 4. The van der Waals surface area contributed by atoms with Crippen LogP contribution in [0.25, 0.3) is 5.69 Å². The summed E-state index contributed by atoms with van der Waals surface area (Å²) in [7, 11) is 0. The maximum absolute atomic E-state index is 14.3. The second-order valence-corrected chi connectivity index (χ2v) is 8.44. The van der Waals surface area contributed by atoms with Gasteiger partial charge in [0.25, 0.3) is 0 Å². The van der Waals surface area contributed by atoms with Gasteiger partial charge in [-0.05, 0) is 55.5 Å². The summed E-state index contributed by atoms with van der Waals surface area (Å²) in [5.74, 6) is -1.49. The molecule has 8 heteroatoms. The highest BCUT2D eigenvalue weighted by atomic mass is 35.5. The second kappa shape index (κ2) is 9.14. The first-order valence-corrected chi connectivity index (χ1v) is 10.8. The quantitative estimate of drug-likeness (QED) is 0.293. The fourth-order valence-electron chi connectivity index (χ4n) is 2.90. The van der Waals surface area contributed by atoms with Crippen LogP contribution in [0.15, 0.2) is 82.6 Å². The summed E-state index contributed by atoms with van der Waals surface area (Å²) in [5.41, 5.74) is 1.01. The standard InChI is InChI=1S/C23H15Cl2FN2O2S/c1-14-21(31-17-12-10-15(24)11-13-17)22(28(27-14)16-6-3-2-4-7-16)30-23(29)20-18(25)8-5-9-19(20)26/h2-13H,1H3. The Bertz CT molecular complexity index is 1220. The van der Waals surface area contributed by atoms with Crippen LogP contribution in [0.2, 0.25) is 10.0 Å². The normalized spacial score (nSPS) is 10.8. The topological polar surface area (TPSA) is 44.1 Å². The molecule has 4 aromatic rings. The second-order valence-electron chi connectivity index (χ2n) is 6.51. The molecule has 0 aliphatic heterocycles. The molecule has 0 saturated heterocycles. The number of hydrogen-bond donors (Lipinski definition) is 0. The van der Waals surface area contributed by atoms with Crippen molar-refractivity contribution in [3.8, 4) is 11.6 Å². The lowest BCUT2D eigenvalue weighted by atomic mass is 10.2. The number of rotatable bonds is 5. The summed E-state index contributed by atoms with van der Waals surface area (Å²) in [6.07, 6.45) is 0. The number of halogens is 3. The van der Waals surface area contributed by atoms with E-state index in [1.807, 2.05) is 49.4 Å². The Hall–Kier alpha value is -2.80. The van der Waals surface area contributed by atoms with Gasteiger partial charge in [0.1, 0.15) is 11.4 Å². The van der Waals surface area contributed by atoms with Gasteiger partial charge in [-0.25, -0.2) is 9.18 Å². The van der Waals surface area contributed by atoms with Gasteiger partial charge in [-0.15, -0.1) is 0 Å². The molecule has 0 spiro atoms. The number of ether oxygens (including phenoxy) is 1. The summed E-state index contributed by atoms with van der Waals surface area (Å²) >= 11 is 13.4. The zero-order chi connectivity index (χ0) is 22.0.